The first-order valence-electron chi connectivity index (χ1n) is 23.5. The van der Waals surface area contributed by atoms with E-state index in [-0.39, 0.29) is 13.4 Å². The predicted molar refractivity (Wildman–Crippen MR) is 286 cm³/mol. The number of anilines is 6. The second-order valence-electron chi connectivity index (χ2n) is 19.2. The Labute approximate surface area is 389 Å². The van der Waals surface area contributed by atoms with Crippen molar-refractivity contribution in [1.29, 1.82) is 0 Å². The molecular weight excluding hydrogens is 794 g/mol. The Hall–Kier alpha value is -7.55. The van der Waals surface area contributed by atoms with Crippen LogP contribution in [0.1, 0.15) is 33.4 Å². The molecule has 3 heterocycles. The van der Waals surface area contributed by atoms with Gasteiger partial charge in [-0.25, -0.2) is 0 Å². The summed E-state index contributed by atoms with van der Waals surface area (Å²) in [7, 11) is 0. The van der Waals surface area contributed by atoms with Crippen LogP contribution in [0.2, 0.25) is 0 Å². The Morgan fingerprint density at radius 3 is 1.06 bits per heavy atom. The SMILES string of the molecule is Cc1cc(C)c(B2c3cc(-c4ccccc4)ccc3N3c4cc5ccccc5c5c4N(c4ccc(-c6ccccc6)cc4B5c4c(C)cc(C)cc4C)c4cc5ccccc5c2c43)c(C)c1. The van der Waals surface area contributed by atoms with Crippen molar-refractivity contribution in [3.05, 3.63) is 215 Å². The van der Waals surface area contributed by atoms with Crippen LogP contribution in [0.25, 0.3) is 43.8 Å². The quantitative estimate of drug-likeness (QED) is 0.163. The smallest absolute Gasteiger partial charge is 0.248 e. The molecular formula is C62H48B2N2. The molecule has 3 aliphatic rings. The standard InChI is InChI=1S/C62H48B2N2/c1-37-29-39(3)57(40(4)30-37)63-51-33-45(43-17-9-7-10-18-43)25-27-53(51)65-56-36-48-22-14-16-24-50(48)60-62(56)66(55-35-47-21-13-15-23-49(47)59(63)61(55)65)54-28-26-46(44-19-11-8-12-20-44)34-52(54)64(60)58-41(5)31-38(2)32-42(58)6/h7-36H,1-6H3. The summed E-state index contributed by atoms with van der Waals surface area (Å²) in [5.41, 5.74) is 28.5. The average molecular weight is 843 g/mol. The molecule has 0 bridgehead atoms. The lowest BCUT2D eigenvalue weighted by Gasteiger charge is -2.50. The maximum atomic E-state index is 2.67. The highest BCUT2D eigenvalue weighted by Crippen LogP contribution is 2.57. The Morgan fingerprint density at radius 2 is 0.667 bits per heavy atom. The zero-order valence-electron chi connectivity index (χ0n) is 38.4. The third-order valence-corrected chi connectivity index (χ3v) is 15.0. The minimum Gasteiger partial charge on any atom is -0.307 e. The van der Waals surface area contributed by atoms with Crippen LogP contribution >= 0.6 is 0 Å². The molecule has 0 saturated carbocycles. The van der Waals surface area contributed by atoms with Crippen molar-refractivity contribution < 1.29 is 0 Å². The van der Waals surface area contributed by atoms with E-state index in [4.69, 9.17) is 0 Å². The second-order valence-corrected chi connectivity index (χ2v) is 19.2. The van der Waals surface area contributed by atoms with Gasteiger partial charge in [0.25, 0.3) is 0 Å². The lowest BCUT2D eigenvalue weighted by atomic mass is 9.32. The highest BCUT2D eigenvalue weighted by atomic mass is 15.3. The van der Waals surface area contributed by atoms with Gasteiger partial charge in [-0.05, 0) is 131 Å². The van der Waals surface area contributed by atoms with Gasteiger partial charge in [-0.15, -0.1) is 0 Å². The van der Waals surface area contributed by atoms with E-state index in [1.165, 1.54) is 144 Å². The molecule has 66 heavy (non-hydrogen) atoms. The van der Waals surface area contributed by atoms with Crippen molar-refractivity contribution >= 4 is 102 Å². The molecule has 0 N–H and O–H groups in total. The Bertz CT molecular complexity index is 3400. The number of aryl methyl sites for hydroxylation is 6. The van der Waals surface area contributed by atoms with Gasteiger partial charge >= 0.3 is 0 Å². The number of fused-ring (bicyclic) bond motifs is 10. The van der Waals surface area contributed by atoms with Crippen LogP contribution in [0.15, 0.2) is 182 Å². The molecule has 0 aliphatic carbocycles. The van der Waals surface area contributed by atoms with E-state index >= 15 is 0 Å². The van der Waals surface area contributed by atoms with Crippen molar-refractivity contribution in [2.75, 3.05) is 9.80 Å². The average Bonchev–Trinajstić information content (AvgIpc) is 3.32. The summed E-state index contributed by atoms with van der Waals surface area (Å²) in [5.74, 6) is 0. The van der Waals surface area contributed by atoms with Crippen LogP contribution in [0.5, 0.6) is 0 Å². The molecule has 2 nitrogen and oxygen atoms in total. The fraction of sp³-hybridized carbons (Fsp3) is 0.0968. The van der Waals surface area contributed by atoms with Gasteiger partial charge in [-0.3, -0.25) is 0 Å². The van der Waals surface area contributed by atoms with Gasteiger partial charge in [0, 0.05) is 11.4 Å². The molecule has 312 valence electrons. The Morgan fingerprint density at radius 1 is 0.303 bits per heavy atom. The van der Waals surface area contributed by atoms with Gasteiger partial charge in [0.1, 0.15) is 0 Å². The highest BCUT2D eigenvalue weighted by molar-refractivity contribution is 7.01. The van der Waals surface area contributed by atoms with Crippen LogP contribution < -0.4 is 42.6 Å². The van der Waals surface area contributed by atoms with Crippen molar-refractivity contribution in [3.8, 4) is 22.3 Å². The first kappa shape index (κ1) is 38.9. The number of rotatable bonds is 4. The highest BCUT2D eigenvalue weighted by Gasteiger charge is 2.48. The topological polar surface area (TPSA) is 6.48 Å². The molecule has 0 amide bonds. The largest absolute Gasteiger partial charge is 0.307 e. The molecule has 4 heteroatoms. The molecule has 10 aromatic carbocycles. The summed E-state index contributed by atoms with van der Waals surface area (Å²) in [4.78, 5) is 5.35. The van der Waals surface area contributed by atoms with Crippen LogP contribution in [0.4, 0.5) is 34.1 Å². The van der Waals surface area contributed by atoms with Gasteiger partial charge in [0.05, 0.1) is 22.7 Å². The summed E-state index contributed by atoms with van der Waals surface area (Å²) in [5, 5.41) is 5.10. The van der Waals surface area contributed by atoms with Crippen LogP contribution in [0, 0.1) is 41.5 Å². The van der Waals surface area contributed by atoms with Gasteiger partial charge in [-0.2, -0.15) is 0 Å². The summed E-state index contributed by atoms with van der Waals surface area (Å²) in [6.45, 7) is 13.7. The van der Waals surface area contributed by atoms with E-state index < -0.39 is 0 Å². The fourth-order valence-electron chi connectivity index (χ4n) is 12.6. The third-order valence-electron chi connectivity index (χ3n) is 15.0. The molecule has 0 atom stereocenters. The maximum absolute atomic E-state index is 2.67. The number of hydrogen-bond acceptors (Lipinski definition) is 2. The fourth-order valence-corrected chi connectivity index (χ4v) is 12.6. The zero-order valence-corrected chi connectivity index (χ0v) is 38.4. The van der Waals surface area contributed by atoms with Crippen LogP contribution in [-0.4, -0.2) is 13.4 Å². The molecule has 0 radical (unpaired) electrons. The summed E-state index contributed by atoms with van der Waals surface area (Å²) < 4.78 is 0. The van der Waals surface area contributed by atoms with Crippen molar-refractivity contribution in [1.82, 2.24) is 0 Å². The maximum Gasteiger partial charge on any atom is 0.248 e. The zero-order chi connectivity index (χ0) is 44.5. The number of nitrogens with zero attached hydrogens (tertiary/aromatic N) is 2. The van der Waals surface area contributed by atoms with Gasteiger partial charge in [-0.1, -0.05) is 202 Å². The number of benzene rings is 10. The van der Waals surface area contributed by atoms with E-state index in [2.05, 4.69) is 233 Å². The lowest BCUT2D eigenvalue weighted by molar-refractivity contribution is 1.19. The third kappa shape index (κ3) is 5.57. The predicted octanol–water partition coefficient (Wildman–Crippen LogP) is 12.1. The van der Waals surface area contributed by atoms with Gasteiger partial charge < -0.3 is 9.80 Å². The van der Waals surface area contributed by atoms with Crippen LogP contribution in [0.3, 0.4) is 0 Å². The minimum absolute atomic E-state index is 0.0165. The lowest BCUT2D eigenvalue weighted by Crippen LogP contribution is -2.62. The Balaban J connectivity index is 1.22. The molecule has 0 fully saturated rings. The first-order chi connectivity index (χ1) is 32.2. The summed E-state index contributed by atoms with van der Waals surface area (Å²) in [6.07, 6.45) is 0. The van der Waals surface area contributed by atoms with Gasteiger partial charge in [0.2, 0.25) is 13.4 Å². The molecule has 0 saturated heterocycles. The number of hydrogen-bond donors (Lipinski definition) is 0. The molecule has 13 rings (SSSR count). The van der Waals surface area contributed by atoms with Crippen molar-refractivity contribution in [3.63, 3.8) is 0 Å². The van der Waals surface area contributed by atoms with E-state index in [0.717, 1.165) is 0 Å². The monoisotopic (exact) mass is 842 g/mol. The van der Waals surface area contributed by atoms with Gasteiger partial charge in [0.15, 0.2) is 0 Å². The van der Waals surface area contributed by atoms with Crippen LogP contribution in [-0.2, 0) is 0 Å². The minimum atomic E-state index is -0.0165. The second kappa shape index (κ2) is 14.5. The Kier molecular flexibility index (Phi) is 8.53. The molecule has 0 aromatic heterocycles. The molecule has 0 spiro atoms. The van der Waals surface area contributed by atoms with Crippen molar-refractivity contribution in [2.24, 2.45) is 0 Å². The molecule has 3 aliphatic heterocycles. The summed E-state index contributed by atoms with van der Waals surface area (Å²) in [6, 6.07) is 69.3. The van der Waals surface area contributed by atoms with E-state index in [1.54, 1.807) is 0 Å². The van der Waals surface area contributed by atoms with Crippen molar-refractivity contribution in [2.45, 2.75) is 41.5 Å². The molecule has 0 unspecified atom stereocenters. The summed E-state index contributed by atoms with van der Waals surface area (Å²) >= 11 is 0. The normalized spacial score (nSPS) is 13.2. The molecule has 10 aromatic rings. The van der Waals surface area contributed by atoms with E-state index in [0.29, 0.717) is 0 Å². The van der Waals surface area contributed by atoms with E-state index in [1.807, 2.05) is 0 Å². The first-order valence-corrected chi connectivity index (χ1v) is 23.5. The van der Waals surface area contributed by atoms with E-state index in [9.17, 15) is 0 Å².